The summed E-state index contributed by atoms with van der Waals surface area (Å²) in [6, 6.07) is 54.4. The molecule has 0 bridgehead atoms. The second kappa shape index (κ2) is 14.1. The number of hydrogen-bond acceptors (Lipinski definition) is 2. The van der Waals surface area contributed by atoms with Gasteiger partial charge in [-0.1, -0.05) is 163 Å². The molecule has 8 aromatic rings. The van der Waals surface area contributed by atoms with Crippen LogP contribution in [0.2, 0.25) is 0 Å². The van der Waals surface area contributed by atoms with Crippen molar-refractivity contribution in [1.82, 2.24) is 0 Å². The predicted molar refractivity (Wildman–Crippen MR) is 257 cm³/mol. The lowest BCUT2D eigenvalue weighted by Crippen LogP contribution is -2.29. The van der Waals surface area contributed by atoms with Crippen LogP contribution in [0, 0.1) is 0 Å². The number of hydrogen-bond donors (Lipinski definition) is 0. The topological polar surface area (TPSA) is 16.4 Å². The van der Waals surface area contributed by atoms with E-state index in [4.69, 9.17) is 4.42 Å². The molecule has 0 radical (unpaired) electrons. The highest BCUT2D eigenvalue weighted by molar-refractivity contribution is 9.11. The number of nitrogens with zero attached hydrogens (tertiary/aromatic N) is 1. The number of para-hydroxylation sites is 1. The van der Waals surface area contributed by atoms with Crippen molar-refractivity contribution in [3.05, 3.63) is 193 Å². The van der Waals surface area contributed by atoms with Gasteiger partial charge in [-0.15, -0.1) is 0 Å². The molecule has 0 aliphatic heterocycles. The molecule has 7 aromatic carbocycles. The molecule has 1 aliphatic carbocycles. The first-order valence-corrected chi connectivity index (χ1v) is 22.2. The monoisotopic (exact) mass is 899 g/mol. The molecule has 1 aromatic heterocycles. The van der Waals surface area contributed by atoms with Gasteiger partial charge in [-0.2, -0.15) is 0 Å². The Morgan fingerprint density at radius 2 is 0.949 bits per heavy atom. The highest BCUT2D eigenvalue weighted by Gasteiger charge is 2.48. The quantitative estimate of drug-likeness (QED) is 0.171. The summed E-state index contributed by atoms with van der Waals surface area (Å²) in [5.41, 5.74) is 15.9. The second-order valence-corrected chi connectivity index (χ2v) is 21.1. The molecule has 1 unspecified atom stereocenters. The maximum atomic E-state index is 6.60. The zero-order chi connectivity index (χ0) is 41.6. The lowest BCUT2D eigenvalue weighted by atomic mass is 9.67. The lowest BCUT2D eigenvalue weighted by Gasteiger charge is -2.35. The summed E-state index contributed by atoms with van der Waals surface area (Å²) >= 11 is 7.95. The molecule has 0 spiro atoms. The van der Waals surface area contributed by atoms with Crippen LogP contribution in [0.4, 0.5) is 17.1 Å². The van der Waals surface area contributed by atoms with E-state index in [1.807, 2.05) is 6.07 Å². The summed E-state index contributed by atoms with van der Waals surface area (Å²) in [6.07, 6.45) is 0. The molecule has 1 atom stereocenters. The van der Waals surface area contributed by atoms with Crippen LogP contribution in [0.15, 0.2) is 159 Å². The van der Waals surface area contributed by atoms with Gasteiger partial charge >= 0.3 is 0 Å². The van der Waals surface area contributed by atoms with E-state index < -0.39 is 5.41 Å². The SMILES string of the molecule is CC(C)(C)c1ccc(N(c2ccc(C(C)(C)C)cc2)c2ccc(C3(c4ccc(C(C)(C)C)cc4)c4cc(Br)ccc4-c4c3cc(Br)c3oc5ccccc5c43)cc2)cc1. The largest absolute Gasteiger partial charge is 0.455 e. The second-order valence-electron chi connectivity index (χ2n) is 19.3. The molecule has 0 fully saturated rings. The molecule has 4 heteroatoms. The van der Waals surface area contributed by atoms with Gasteiger partial charge in [0.2, 0.25) is 0 Å². The van der Waals surface area contributed by atoms with Gasteiger partial charge in [0, 0.05) is 32.3 Å². The number of rotatable bonds is 5. The fourth-order valence-electron chi connectivity index (χ4n) is 9.16. The summed E-state index contributed by atoms with van der Waals surface area (Å²) in [5, 5.41) is 2.26. The van der Waals surface area contributed by atoms with Crippen molar-refractivity contribution < 1.29 is 4.42 Å². The minimum absolute atomic E-state index is 0.0202. The number of anilines is 3. The molecule has 9 rings (SSSR count). The molecule has 296 valence electrons. The van der Waals surface area contributed by atoms with Gasteiger partial charge in [-0.05, 0) is 143 Å². The van der Waals surface area contributed by atoms with Crippen LogP contribution >= 0.6 is 31.9 Å². The molecule has 0 saturated carbocycles. The smallest absolute Gasteiger partial charge is 0.150 e. The highest BCUT2D eigenvalue weighted by atomic mass is 79.9. The minimum atomic E-state index is -0.633. The van der Waals surface area contributed by atoms with E-state index in [0.717, 1.165) is 47.9 Å². The third-order valence-electron chi connectivity index (χ3n) is 12.4. The molecule has 0 amide bonds. The first kappa shape index (κ1) is 39.6. The highest BCUT2D eigenvalue weighted by Crippen LogP contribution is 2.60. The van der Waals surface area contributed by atoms with Crippen molar-refractivity contribution in [2.75, 3.05) is 4.90 Å². The van der Waals surface area contributed by atoms with E-state index in [0.29, 0.717) is 0 Å². The van der Waals surface area contributed by atoms with Gasteiger partial charge in [-0.25, -0.2) is 0 Å². The van der Waals surface area contributed by atoms with Crippen LogP contribution in [-0.2, 0) is 21.7 Å². The van der Waals surface area contributed by atoms with Gasteiger partial charge in [0.05, 0.1) is 9.89 Å². The average Bonchev–Trinajstić information content (AvgIpc) is 3.72. The van der Waals surface area contributed by atoms with Crippen molar-refractivity contribution in [1.29, 1.82) is 0 Å². The zero-order valence-corrected chi connectivity index (χ0v) is 38.6. The molecule has 1 heterocycles. The molecule has 2 nitrogen and oxygen atoms in total. The Balaban J connectivity index is 1.30. The normalized spacial score (nSPS) is 15.4. The number of benzene rings is 7. The van der Waals surface area contributed by atoms with Gasteiger partial charge in [0.1, 0.15) is 11.2 Å². The first-order chi connectivity index (χ1) is 28.0. The third-order valence-corrected chi connectivity index (χ3v) is 13.5. The minimum Gasteiger partial charge on any atom is -0.455 e. The van der Waals surface area contributed by atoms with Gasteiger partial charge < -0.3 is 9.32 Å². The number of furan rings is 1. The summed E-state index contributed by atoms with van der Waals surface area (Å²) in [7, 11) is 0. The van der Waals surface area contributed by atoms with E-state index in [1.54, 1.807) is 0 Å². The predicted octanol–water partition coefficient (Wildman–Crippen LogP) is 16.8. The standard InChI is InChI=1S/C55H51Br2NO/c1-52(2,3)34-14-16-37(17-15-34)55(45-32-39(56)24-31-43(45)49-46(55)33-47(57)51-50(49)44-12-10-11-13-48(44)59-51)38-22-29-42(30-23-38)58(40-25-18-35(19-26-40)53(4,5)6)41-27-20-36(21-28-41)54(7,8)9/h10-33H,1-9H3. The van der Waals surface area contributed by atoms with E-state index in [-0.39, 0.29) is 16.2 Å². The Kier molecular flexibility index (Phi) is 9.45. The zero-order valence-electron chi connectivity index (χ0n) is 35.5. The molecule has 0 N–H and O–H groups in total. The third kappa shape index (κ3) is 6.59. The Hall–Kier alpha value is -4.90. The van der Waals surface area contributed by atoms with Gasteiger partial charge in [0.15, 0.2) is 0 Å². The Bertz CT molecular complexity index is 2810. The van der Waals surface area contributed by atoms with Crippen molar-refractivity contribution in [2.24, 2.45) is 0 Å². The van der Waals surface area contributed by atoms with Crippen molar-refractivity contribution in [3.8, 4) is 11.1 Å². The van der Waals surface area contributed by atoms with Crippen molar-refractivity contribution >= 4 is 70.9 Å². The molecule has 59 heavy (non-hydrogen) atoms. The van der Waals surface area contributed by atoms with Gasteiger partial charge in [0.25, 0.3) is 0 Å². The first-order valence-electron chi connectivity index (χ1n) is 20.6. The van der Waals surface area contributed by atoms with Gasteiger partial charge in [-0.3, -0.25) is 0 Å². The van der Waals surface area contributed by atoms with Crippen molar-refractivity contribution in [2.45, 2.75) is 84.0 Å². The fraction of sp³-hybridized carbons (Fsp3) is 0.236. The number of fused-ring (bicyclic) bond motifs is 7. The summed E-state index contributed by atoms with van der Waals surface area (Å²) in [6.45, 7) is 20.5. The summed E-state index contributed by atoms with van der Waals surface area (Å²) in [5.74, 6) is 0. The van der Waals surface area contributed by atoms with Crippen LogP contribution in [0.25, 0.3) is 33.1 Å². The Morgan fingerprint density at radius 1 is 0.492 bits per heavy atom. The van der Waals surface area contributed by atoms with Crippen LogP contribution in [-0.4, -0.2) is 0 Å². The van der Waals surface area contributed by atoms with E-state index in [2.05, 4.69) is 239 Å². The molecule has 1 aliphatic rings. The average molecular weight is 902 g/mol. The van der Waals surface area contributed by atoms with Crippen molar-refractivity contribution in [3.63, 3.8) is 0 Å². The van der Waals surface area contributed by atoms with Crippen LogP contribution in [0.5, 0.6) is 0 Å². The van der Waals surface area contributed by atoms with Crippen LogP contribution in [0.1, 0.15) is 101 Å². The number of halogens is 2. The fourth-order valence-corrected chi connectivity index (χ4v) is 10.0. The molecular weight excluding hydrogens is 850 g/mol. The Labute approximate surface area is 366 Å². The Morgan fingerprint density at radius 3 is 1.46 bits per heavy atom. The molecular formula is C55H51Br2NO. The maximum absolute atomic E-state index is 6.60. The lowest BCUT2D eigenvalue weighted by molar-refractivity contribution is 0.589. The van der Waals surface area contributed by atoms with E-state index in [9.17, 15) is 0 Å². The maximum Gasteiger partial charge on any atom is 0.150 e. The van der Waals surface area contributed by atoms with Crippen LogP contribution in [0.3, 0.4) is 0 Å². The summed E-state index contributed by atoms with van der Waals surface area (Å²) in [4.78, 5) is 2.39. The molecule has 0 saturated heterocycles. The van der Waals surface area contributed by atoms with E-state index >= 15 is 0 Å². The van der Waals surface area contributed by atoms with E-state index in [1.165, 1.54) is 50.1 Å². The van der Waals surface area contributed by atoms with Crippen LogP contribution < -0.4 is 4.90 Å². The summed E-state index contributed by atoms with van der Waals surface area (Å²) < 4.78 is 8.59.